The van der Waals surface area contributed by atoms with Gasteiger partial charge in [0.1, 0.15) is 0 Å². The molecule has 18 heavy (non-hydrogen) atoms. The number of rotatable bonds is 5. The highest BCUT2D eigenvalue weighted by molar-refractivity contribution is 5.24. The molecule has 2 aromatic rings. The molecule has 1 N–H and O–H groups in total. The molecule has 2 rings (SSSR count). The van der Waals surface area contributed by atoms with Crippen LogP contribution in [0.5, 0.6) is 0 Å². The highest BCUT2D eigenvalue weighted by Crippen LogP contribution is 2.15. The van der Waals surface area contributed by atoms with Crippen LogP contribution >= 0.6 is 0 Å². The molecule has 0 aliphatic rings. The molecule has 3 nitrogen and oxygen atoms in total. The number of nitrogens with one attached hydrogen (secondary N) is 1. The quantitative estimate of drug-likeness (QED) is 0.875. The number of aromatic nitrogens is 2. The van der Waals surface area contributed by atoms with Gasteiger partial charge in [-0.25, -0.2) is 0 Å². The second-order valence-corrected chi connectivity index (χ2v) is 4.93. The lowest BCUT2D eigenvalue weighted by atomic mass is 10.0. The third-order valence-corrected chi connectivity index (χ3v) is 3.04. The van der Waals surface area contributed by atoms with Gasteiger partial charge in [0.2, 0.25) is 0 Å². The largest absolute Gasteiger partial charge is 0.314 e. The van der Waals surface area contributed by atoms with Gasteiger partial charge in [0, 0.05) is 12.7 Å². The van der Waals surface area contributed by atoms with E-state index < -0.39 is 0 Å². The van der Waals surface area contributed by atoms with Gasteiger partial charge in [-0.3, -0.25) is 4.68 Å². The first-order valence-electron chi connectivity index (χ1n) is 6.45. The molecule has 0 saturated heterocycles. The van der Waals surface area contributed by atoms with Gasteiger partial charge in [0.25, 0.3) is 0 Å². The van der Waals surface area contributed by atoms with Crippen LogP contribution < -0.4 is 5.32 Å². The lowest BCUT2D eigenvalue weighted by Crippen LogP contribution is -2.07. The van der Waals surface area contributed by atoms with Crippen LogP contribution in [0.2, 0.25) is 0 Å². The van der Waals surface area contributed by atoms with E-state index in [4.69, 9.17) is 0 Å². The second-order valence-electron chi connectivity index (χ2n) is 4.93. The predicted molar refractivity (Wildman–Crippen MR) is 74.6 cm³/mol. The Morgan fingerprint density at radius 1 is 1.17 bits per heavy atom. The fourth-order valence-corrected chi connectivity index (χ4v) is 1.96. The Kier molecular flexibility index (Phi) is 4.15. The van der Waals surface area contributed by atoms with E-state index in [1.807, 2.05) is 17.9 Å². The SMILES string of the molecule is CNCc1ccn(Cc2ccc(C(C)C)cc2)n1. The van der Waals surface area contributed by atoms with Gasteiger partial charge in [0.15, 0.2) is 0 Å². The molecule has 1 aromatic heterocycles. The van der Waals surface area contributed by atoms with Crippen molar-refractivity contribution < 1.29 is 0 Å². The Labute approximate surface area is 109 Å². The number of hydrogen-bond donors (Lipinski definition) is 1. The van der Waals surface area contributed by atoms with Crippen LogP contribution in [0.4, 0.5) is 0 Å². The van der Waals surface area contributed by atoms with E-state index in [1.165, 1.54) is 11.1 Å². The van der Waals surface area contributed by atoms with Gasteiger partial charge >= 0.3 is 0 Å². The maximum Gasteiger partial charge on any atom is 0.0762 e. The number of benzene rings is 1. The van der Waals surface area contributed by atoms with Crippen LogP contribution in [0.15, 0.2) is 36.5 Å². The molecule has 0 atom stereocenters. The van der Waals surface area contributed by atoms with Crippen LogP contribution in [0.25, 0.3) is 0 Å². The van der Waals surface area contributed by atoms with E-state index in [1.54, 1.807) is 0 Å². The van der Waals surface area contributed by atoms with Gasteiger partial charge < -0.3 is 5.32 Å². The van der Waals surface area contributed by atoms with Crippen molar-refractivity contribution in [3.05, 3.63) is 53.3 Å². The molecular weight excluding hydrogens is 222 g/mol. The molecule has 1 aromatic carbocycles. The Morgan fingerprint density at radius 2 is 1.89 bits per heavy atom. The third-order valence-electron chi connectivity index (χ3n) is 3.04. The van der Waals surface area contributed by atoms with Gasteiger partial charge in [-0.05, 0) is 30.2 Å². The zero-order valence-electron chi connectivity index (χ0n) is 11.4. The maximum absolute atomic E-state index is 4.51. The Hall–Kier alpha value is -1.61. The van der Waals surface area contributed by atoms with Crippen molar-refractivity contribution in [1.82, 2.24) is 15.1 Å². The number of nitrogens with zero attached hydrogens (tertiary/aromatic N) is 2. The predicted octanol–water partition coefficient (Wildman–Crippen LogP) is 2.77. The zero-order chi connectivity index (χ0) is 13.0. The lowest BCUT2D eigenvalue weighted by molar-refractivity contribution is 0.658. The van der Waals surface area contributed by atoms with Crippen LogP contribution in [-0.2, 0) is 13.1 Å². The van der Waals surface area contributed by atoms with Crippen LogP contribution in [0.3, 0.4) is 0 Å². The molecule has 0 amide bonds. The zero-order valence-corrected chi connectivity index (χ0v) is 11.4. The summed E-state index contributed by atoms with van der Waals surface area (Å²) in [4.78, 5) is 0. The normalized spacial score (nSPS) is 11.1. The summed E-state index contributed by atoms with van der Waals surface area (Å²) in [6.07, 6.45) is 2.03. The lowest BCUT2D eigenvalue weighted by Gasteiger charge is -2.07. The summed E-state index contributed by atoms with van der Waals surface area (Å²) in [7, 11) is 1.93. The maximum atomic E-state index is 4.51. The molecule has 3 heteroatoms. The summed E-state index contributed by atoms with van der Waals surface area (Å²) in [5, 5.41) is 7.61. The van der Waals surface area contributed by atoms with Crippen molar-refractivity contribution in [2.24, 2.45) is 0 Å². The smallest absolute Gasteiger partial charge is 0.0762 e. The van der Waals surface area contributed by atoms with Crippen molar-refractivity contribution in [1.29, 1.82) is 0 Å². The van der Waals surface area contributed by atoms with Gasteiger partial charge in [-0.15, -0.1) is 0 Å². The van der Waals surface area contributed by atoms with E-state index in [9.17, 15) is 0 Å². The monoisotopic (exact) mass is 243 g/mol. The first-order chi connectivity index (χ1) is 8.69. The van der Waals surface area contributed by atoms with E-state index in [2.05, 4.69) is 54.6 Å². The van der Waals surface area contributed by atoms with Gasteiger partial charge in [-0.2, -0.15) is 5.10 Å². The Morgan fingerprint density at radius 3 is 2.50 bits per heavy atom. The standard InChI is InChI=1S/C15H21N3/c1-12(2)14-6-4-13(5-7-14)11-18-9-8-15(17-18)10-16-3/h4-9,12,16H,10-11H2,1-3H3. The highest BCUT2D eigenvalue weighted by Gasteiger charge is 2.01. The first-order valence-corrected chi connectivity index (χ1v) is 6.45. The Bertz CT molecular complexity index is 483. The second kappa shape index (κ2) is 5.83. The first kappa shape index (κ1) is 12.8. The Balaban J connectivity index is 2.03. The fraction of sp³-hybridized carbons (Fsp3) is 0.400. The van der Waals surface area contributed by atoms with E-state index >= 15 is 0 Å². The van der Waals surface area contributed by atoms with Crippen LogP contribution in [0.1, 0.15) is 36.6 Å². The summed E-state index contributed by atoms with van der Waals surface area (Å²) < 4.78 is 1.98. The molecule has 0 aliphatic carbocycles. The topological polar surface area (TPSA) is 29.9 Å². The molecule has 0 saturated carbocycles. The minimum absolute atomic E-state index is 0.589. The summed E-state index contributed by atoms with van der Waals surface area (Å²) in [6.45, 7) is 6.08. The van der Waals surface area contributed by atoms with Crippen LogP contribution in [0, 0.1) is 0 Å². The molecule has 0 aliphatic heterocycles. The van der Waals surface area contributed by atoms with Crippen molar-refractivity contribution in [2.45, 2.75) is 32.9 Å². The van der Waals surface area contributed by atoms with Crippen molar-refractivity contribution in [2.75, 3.05) is 7.05 Å². The highest BCUT2D eigenvalue weighted by atomic mass is 15.3. The summed E-state index contributed by atoms with van der Waals surface area (Å²) in [5.74, 6) is 0.589. The van der Waals surface area contributed by atoms with Gasteiger partial charge in [-0.1, -0.05) is 38.1 Å². The molecule has 96 valence electrons. The van der Waals surface area contributed by atoms with Crippen molar-refractivity contribution in [3.63, 3.8) is 0 Å². The third kappa shape index (κ3) is 3.20. The van der Waals surface area contributed by atoms with E-state index in [0.29, 0.717) is 5.92 Å². The average Bonchev–Trinajstić information content (AvgIpc) is 2.78. The van der Waals surface area contributed by atoms with E-state index in [-0.39, 0.29) is 0 Å². The fourth-order valence-electron chi connectivity index (χ4n) is 1.96. The molecule has 0 bridgehead atoms. The summed E-state index contributed by atoms with van der Waals surface area (Å²) in [6, 6.07) is 10.8. The molecule has 0 unspecified atom stereocenters. The average molecular weight is 243 g/mol. The van der Waals surface area contributed by atoms with Crippen molar-refractivity contribution in [3.8, 4) is 0 Å². The number of hydrogen-bond acceptors (Lipinski definition) is 2. The molecular formula is C15H21N3. The van der Waals surface area contributed by atoms with Crippen molar-refractivity contribution >= 4 is 0 Å². The minimum Gasteiger partial charge on any atom is -0.314 e. The summed E-state index contributed by atoms with van der Waals surface area (Å²) >= 11 is 0. The summed E-state index contributed by atoms with van der Waals surface area (Å²) in [5.41, 5.74) is 3.75. The molecule has 0 fully saturated rings. The minimum atomic E-state index is 0.589. The molecule has 0 spiro atoms. The molecule has 1 heterocycles. The van der Waals surface area contributed by atoms with Gasteiger partial charge in [0.05, 0.1) is 12.2 Å². The van der Waals surface area contributed by atoms with Crippen LogP contribution in [-0.4, -0.2) is 16.8 Å². The molecule has 0 radical (unpaired) electrons. The van der Waals surface area contributed by atoms with E-state index in [0.717, 1.165) is 18.8 Å².